The Morgan fingerprint density at radius 1 is 1.22 bits per heavy atom. The van der Waals surface area contributed by atoms with Gasteiger partial charge in [-0.15, -0.1) is 0 Å². The fourth-order valence-corrected chi connectivity index (χ4v) is 1.98. The summed E-state index contributed by atoms with van der Waals surface area (Å²) < 4.78 is 8.77. The standard InChI is InChI=1S/C12H19N5O/c1-8-10(9(2)16(3)14-8)7-13-11-6-12(18-5)17(4)15-11/h6H,7H2,1-5H3,(H,13,15). The second-order valence-corrected chi connectivity index (χ2v) is 4.32. The highest BCUT2D eigenvalue weighted by atomic mass is 16.5. The maximum absolute atomic E-state index is 5.17. The van der Waals surface area contributed by atoms with Crippen LogP contribution < -0.4 is 10.1 Å². The molecule has 0 saturated carbocycles. The van der Waals surface area contributed by atoms with Crippen LogP contribution in [0.4, 0.5) is 5.82 Å². The molecule has 0 aliphatic heterocycles. The molecule has 1 N–H and O–H groups in total. The lowest BCUT2D eigenvalue weighted by Gasteiger charge is -2.03. The first-order valence-corrected chi connectivity index (χ1v) is 5.84. The third-order valence-electron chi connectivity index (χ3n) is 3.15. The molecule has 18 heavy (non-hydrogen) atoms. The van der Waals surface area contributed by atoms with Crippen LogP contribution in [0.25, 0.3) is 0 Å². The second-order valence-electron chi connectivity index (χ2n) is 4.32. The van der Waals surface area contributed by atoms with Gasteiger partial charge in [0.1, 0.15) is 0 Å². The summed E-state index contributed by atoms with van der Waals surface area (Å²) in [6.45, 7) is 4.80. The monoisotopic (exact) mass is 249 g/mol. The molecule has 2 heterocycles. The van der Waals surface area contributed by atoms with Crippen molar-refractivity contribution in [3.05, 3.63) is 23.0 Å². The van der Waals surface area contributed by atoms with Gasteiger partial charge in [0, 0.05) is 38.0 Å². The Bertz CT molecular complexity index is 555. The highest BCUT2D eigenvalue weighted by Gasteiger charge is 2.10. The molecule has 0 unspecified atom stereocenters. The van der Waals surface area contributed by atoms with Gasteiger partial charge in [-0.25, -0.2) is 4.68 Å². The fraction of sp³-hybridized carbons (Fsp3) is 0.500. The smallest absolute Gasteiger partial charge is 0.213 e. The van der Waals surface area contributed by atoms with Crippen molar-refractivity contribution in [2.45, 2.75) is 20.4 Å². The highest BCUT2D eigenvalue weighted by molar-refractivity contribution is 5.40. The molecule has 0 saturated heterocycles. The zero-order chi connectivity index (χ0) is 13.3. The third kappa shape index (κ3) is 2.18. The first kappa shape index (κ1) is 12.5. The fourth-order valence-electron chi connectivity index (χ4n) is 1.98. The van der Waals surface area contributed by atoms with Crippen molar-refractivity contribution in [2.75, 3.05) is 12.4 Å². The van der Waals surface area contributed by atoms with Gasteiger partial charge >= 0.3 is 0 Å². The number of ether oxygens (including phenoxy) is 1. The summed E-state index contributed by atoms with van der Waals surface area (Å²) in [4.78, 5) is 0. The van der Waals surface area contributed by atoms with E-state index < -0.39 is 0 Å². The predicted molar refractivity (Wildman–Crippen MR) is 69.8 cm³/mol. The Labute approximate surface area is 107 Å². The number of anilines is 1. The number of aromatic nitrogens is 4. The number of hydrogen-bond acceptors (Lipinski definition) is 4. The van der Waals surface area contributed by atoms with Crippen LogP contribution in [-0.4, -0.2) is 26.7 Å². The molecule has 0 bridgehead atoms. The lowest BCUT2D eigenvalue weighted by atomic mass is 10.2. The van der Waals surface area contributed by atoms with Crippen LogP contribution in [0, 0.1) is 13.8 Å². The zero-order valence-electron chi connectivity index (χ0n) is 11.5. The number of aryl methyl sites for hydroxylation is 3. The van der Waals surface area contributed by atoms with Crippen molar-refractivity contribution in [3.8, 4) is 5.88 Å². The van der Waals surface area contributed by atoms with E-state index in [1.807, 2.05) is 31.8 Å². The summed E-state index contributed by atoms with van der Waals surface area (Å²) in [7, 11) is 5.44. The van der Waals surface area contributed by atoms with Crippen LogP contribution in [0.3, 0.4) is 0 Å². The van der Waals surface area contributed by atoms with Gasteiger partial charge in [-0.05, 0) is 13.8 Å². The van der Waals surface area contributed by atoms with Gasteiger partial charge in [-0.3, -0.25) is 4.68 Å². The van der Waals surface area contributed by atoms with E-state index in [-0.39, 0.29) is 0 Å². The van der Waals surface area contributed by atoms with E-state index in [0.29, 0.717) is 6.54 Å². The molecule has 0 aliphatic rings. The minimum atomic E-state index is 0.714. The van der Waals surface area contributed by atoms with Crippen LogP contribution in [0.15, 0.2) is 6.07 Å². The number of hydrogen-bond donors (Lipinski definition) is 1. The Morgan fingerprint density at radius 2 is 1.94 bits per heavy atom. The molecular formula is C12H19N5O. The average Bonchev–Trinajstić information content (AvgIpc) is 2.79. The molecule has 0 amide bonds. The first-order chi connectivity index (χ1) is 8.52. The first-order valence-electron chi connectivity index (χ1n) is 5.84. The summed E-state index contributed by atoms with van der Waals surface area (Å²) >= 11 is 0. The second kappa shape index (κ2) is 4.72. The lowest BCUT2D eigenvalue weighted by Crippen LogP contribution is -2.03. The van der Waals surface area contributed by atoms with E-state index in [1.165, 1.54) is 11.3 Å². The zero-order valence-corrected chi connectivity index (χ0v) is 11.5. The van der Waals surface area contributed by atoms with Crippen LogP contribution in [-0.2, 0) is 20.6 Å². The topological polar surface area (TPSA) is 56.9 Å². The quantitative estimate of drug-likeness (QED) is 0.889. The molecule has 6 heteroatoms. The van der Waals surface area contributed by atoms with Crippen molar-refractivity contribution < 1.29 is 4.74 Å². The summed E-state index contributed by atoms with van der Waals surface area (Å²) in [6.07, 6.45) is 0. The van der Waals surface area contributed by atoms with E-state index in [1.54, 1.807) is 11.8 Å². The van der Waals surface area contributed by atoms with Gasteiger partial charge in [-0.2, -0.15) is 10.2 Å². The molecule has 2 aromatic rings. The van der Waals surface area contributed by atoms with Gasteiger partial charge in [0.05, 0.1) is 12.8 Å². The molecule has 98 valence electrons. The van der Waals surface area contributed by atoms with E-state index in [2.05, 4.69) is 22.4 Å². The molecule has 0 spiro atoms. The van der Waals surface area contributed by atoms with Crippen molar-refractivity contribution in [3.63, 3.8) is 0 Å². The van der Waals surface area contributed by atoms with Crippen LogP contribution in [0.5, 0.6) is 5.88 Å². The van der Waals surface area contributed by atoms with E-state index in [9.17, 15) is 0 Å². The maximum atomic E-state index is 5.17. The summed E-state index contributed by atoms with van der Waals surface area (Å²) in [5.74, 6) is 1.54. The Balaban J connectivity index is 2.11. The third-order valence-corrected chi connectivity index (χ3v) is 3.15. The summed E-state index contributed by atoms with van der Waals surface area (Å²) in [5.41, 5.74) is 3.43. The molecule has 6 nitrogen and oxygen atoms in total. The predicted octanol–water partition coefficient (Wildman–Crippen LogP) is 1.39. The number of nitrogens with one attached hydrogen (secondary N) is 1. The van der Waals surface area contributed by atoms with Crippen molar-refractivity contribution in [1.82, 2.24) is 19.6 Å². The van der Waals surface area contributed by atoms with Crippen LogP contribution >= 0.6 is 0 Å². The highest BCUT2D eigenvalue weighted by Crippen LogP contribution is 2.18. The van der Waals surface area contributed by atoms with Gasteiger partial charge in [-0.1, -0.05) is 0 Å². The van der Waals surface area contributed by atoms with Crippen molar-refractivity contribution >= 4 is 5.82 Å². The summed E-state index contributed by atoms with van der Waals surface area (Å²) in [6, 6.07) is 1.88. The number of rotatable bonds is 4. The summed E-state index contributed by atoms with van der Waals surface area (Å²) in [5, 5.41) is 12.0. The van der Waals surface area contributed by atoms with Crippen molar-refractivity contribution in [1.29, 1.82) is 0 Å². The molecule has 2 aromatic heterocycles. The van der Waals surface area contributed by atoms with Crippen LogP contribution in [0.2, 0.25) is 0 Å². The van der Waals surface area contributed by atoms with E-state index in [4.69, 9.17) is 4.74 Å². The number of nitrogens with zero attached hydrogens (tertiary/aromatic N) is 4. The Kier molecular flexibility index (Phi) is 3.27. The number of methoxy groups -OCH3 is 1. The van der Waals surface area contributed by atoms with Gasteiger partial charge in [0.2, 0.25) is 5.88 Å². The SMILES string of the molecule is COc1cc(NCc2c(C)nn(C)c2C)nn1C. The largest absolute Gasteiger partial charge is 0.481 e. The normalized spacial score (nSPS) is 10.7. The minimum absolute atomic E-state index is 0.714. The molecule has 0 aromatic carbocycles. The molecule has 0 radical (unpaired) electrons. The Hall–Kier alpha value is -1.98. The molecule has 0 fully saturated rings. The van der Waals surface area contributed by atoms with E-state index >= 15 is 0 Å². The molecule has 0 aliphatic carbocycles. The van der Waals surface area contributed by atoms with Gasteiger partial charge < -0.3 is 10.1 Å². The lowest BCUT2D eigenvalue weighted by molar-refractivity contribution is 0.373. The van der Waals surface area contributed by atoms with E-state index in [0.717, 1.165) is 17.4 Å². The molecule has 2 rings (SSSR count). The molecule has 0 atom stereocenters. The van der Waals surface area contributed by atoms with Crippen LogP contribution in [0.1, 0.15) is 17.0 Å². The average molecular weight is 249 g/mol. The van der Waals surface area contributed by atoms with Crippen molar-refractivity contribution in [2.24, 2.45) is 14.1 Å². The minimum Gasteiger partial charge on any atom is -0.481 e. The molecular weight excluding hydrogens is 230 g/mol. The van der Waals surface area contributed by atoms with Gasteiger partial charge in [0.25, 0.3) is 0 Å². The Morgan fingerprint density at radius 3 is 2.44 bits per heavy atom. The maximum Gasteiger partial charge on any atom is 0.213 e. The van der Waals surface area contributed by atoms with Gasteiger partial charge in [0.15, 0.2) is 5.82 Å².